The number of hydrogen-bond donors (Lipinski definition) is 1. The molecule has 6 nitrogen and oxygen atoms in total. The summed E-state index contributed by atoms with van der Waals surface area (Å²) in [7, 11) is 1.38. The highest BCUT2D eigenvalue weighted by atomic mass is 32.1. The number of anilines is 1. The molecule has 3 atom stereocenters. The maximum Gasteiger partial charge on any atom is 0.350 e. The molecule has 0 aromatic carbocycles. The number of rotatable bonds is 5. The summed E-state index contributed by atoms with van der Waals surface area (Å²) in [6.07, 6.45) is 1.76. The highest BCUT2D eigenvalue weighted by Gasteiger charge is 2.43. The molecule has 1 aromatic rings. The zero-order valence-electron chi connectivity index (χ0n) is 16.1. The molecular formula is C19H28N2O4S. The number of hydrogen-bond acceptors (Lipinski definition) is 6. The van der Waals surface area contributed by atoms with Crippen molar-refractivity contribution in [1.29, 1.82) is 0 Å². The van der Waals surface area contributed by atoms with E-state index in [1.807, 2.05) is 17.9 Å². The van der Waals surface area contributed by atoms with Gasteiger partial charge in [0.25, 0.3) is 0 Å². The molecule has 0 aliphatic carbocycles. The van der Waals surface area contributed by atoms with Crippen LogP contribution in [-0.4, -0.2) is 55.2 Å². The predicted molar refractivity (Wildman–Crippen MR) is 102 cm³/mol. The molecule has 0 radical (unpaired) electrons. The lowest BCUT2D eigenvalue weighted by Gasteiger charge is -2.30. The molecule has 1 amide bonds. The number of amides is 1. The van der Waals surface area contributed by atoms with E-state index in [0.29, 0.717) is 30.1 Å². The summed E-state index contributed by atoms with van der Waals surface area (Å²) in [5, 5.41) is 3.32. The average molecular weight is 381 g/mol. The van der Waals surface area contributed by atoms with Crippen molar-refractivity contribution in [2.45, 2.75) is 64.1 Å². The molecule has 1 N–H and O–H groups in total. The topological polar surface area (TPSA) is 67.9 Å². The molecule has 26 heavy (non-hydrogen) atoms. The summed E-state index contributed by atoms with van der Waals surface area (Å²) < 4.78 is 10.5. The predicted octanol–water partition coefficient (Wildman–Crippen LogP) is 3.02. The number of esters is 1. The van der Waals surface area contributed by atoms with E-state index >= 15 is 0 Å². The molecule has 2 aliphatic heterocycles. The van der Waals surface area contributed by atoms with Crippen LogP contribution in [0.3, 0.4) is 0 Å². The Morgan fingerprint density at radius 2 is 2.19 bits per heavy atom. The Morgan fingerprint density at radius 3 is 2.69 bits per heavy atom. The number of thiophene rings is 1. The summed E-state index contributed by atoms with van der Waals surface area (Å²) in [5.74, 6) is -0.286. The van der Waals surface area contributed by atoms with Crippen molar-refractivity contribution in [2.75, 3.05) is 25.6 Å². The van der Waals surface area contributed by atoms with Crippen LogP contribution in [0.4, 0.5) is 5.69 Å². The van der Waals surface area contributed by atoms with Gasteiger partial charge in [-0.15, -0.1) is 11.3 Å². The summed E-state index contributed by atoms with van der Waals surface area (Å²) >= 11 is 1.43. The van der Waals surface area contributed by atoms with Crippen LogP contribution in [0.25, 0.3) is 0 Å². The van der Waals surface area contributed by atoms with E-state index in [4.69, 9.17) is 9.47 Å². The first kappa shape index (κ1) is 19.2. The summed E-state index contributed by atoms with van der Waals surface area (Å²) in [6.45, 7) is 9.60. The van der Waals surface area contributed by atoms with E-state index < -0.39 is 0 Å². The van der Waals surface area contributed by atoms with Crippen LogP contribution in [0.1, 0.15) is 55.1 Å². The third-order valence-corrected chi connectivity index (χ3v) is 6.60. The quantitative estimate of drug-likeness (QED) is 0.796. The number of carbonyl (C=O) groups is 2. The number of morpholine rings is 1. The van der Waals surface area contributed by atoms with Crippen LogP contribution in [-0.2, 0) is 19.7 Å². The Hall–Kier alpha value is -1.60. The minimum Gasteiger partial charge on any atom is -0.465 e. The fraction of sp³-hybridized carbons (Fsp3) is 0.684. The van der Waals surface area contributed by atoms with Crippen LogP contribution in [0.2, 0.25) is 0 Å². The van der Waals surface area contributed by atoms with Gasteiger partial charge in [0.05, 0.1) is 31.5 Å². The molecule has 3 rings (SSSR count). The molecule has 1 aromatic heterocycles. The molecule has 2 aliphatic rings. The van der Waals surface area contributed by atoms with Gasteiger partial charge in [-0.25, -0.2) is 4.79 Å². The van der Waals surface area contributed by atoms with Gasteiger partial charge < -0.3 is 19.7 Å². The lowest BCUT2D eigenvalue weighted by atomic mass is 9.94. The molecule has 144 valence electrons. The second-order valence-corrected chi connectivity index (χ2v) is 9.09. The molecule has 7 heteroatoms. The third-order valence-electron chi connectivity index (χ3n) is 5.06. The molecule has 2 bridgehead atoms. The highest BCUT2D eigenvalue weighted by molar-refractivity contribution is 7.14. The molecule has 2 fully saturated rings. The van der Waals surface area contributed by atoms with Gasteiger partial charge in [-0.2, -0.15) is 0 Å². The molecule has 0 saturated carbocycles. The lowest BCUT2D eigenvalue weighted by molar-refractivity contribution is -0.136. The number of likely N-dealkylation sites (tertiary alicyclic amines) is 1. The Bertz CT molecular complexity index is 694. The molecule has 2 saturated heterocycles. The van der Waals surface area contributed by atoms with Crippen molar-refractivity contribution in [1.82, 2.24) is 4.90 Å². The molecular weight excluding hydrogens is 352 g/mol. The number of fused-ring (bicyclic) bond motifs is 2. The summed E-state index contributed by atoms with van der Waals surface area (Å²) in [4.78, 5) is 28.8. The van der Waals surface area contributed by atoms with Crippen molar-refractivity contribution in [2.24, 2.45) is 0 Å². The van der Waals surface area contributed by atoms with E-state index in [9.17, 15) is 9.59 Å². The number of ether oxygens (including phenoxy) is 2. The van der Waals surface area contributed by atoms with Crippen molar-refractivity contribution < 1.29 is 19.1 Å². The minimum atomic E-state index is -0.371. The second-order valence-electron chi connectivity index (χ2n) is 8.04. The first-order chi connectivity index (χ1) is 12.2. The smallest absolute Gasteiger partial charge is 0.350 e. The standard InChI is InChI=1S/C19H28N2O4S/c1-6-13(17(22)21-9-12-7-11(21)10-25-12)20-14-8-15(19(2,3)4)26-16(14)18(23)24-5/h8,11-13,20H,6-7,9-10H2,1-5H3/t11-,12-,13-/m0/s1. The summed E-state index contributed by atoms with van der Waals surface area (Å²) in [5.41, 5.74) is 0.609. The zero-order valence-corrected chi connectivity index (χ0v) is 16.9. The number of nitrogens with one attached hydrogen (secondary N) is 1. The van der Waals surface area contributed by atoms with Gasteiger partial charge in [0.2, 0.25) is 5.91 Å². The van der Waals surface area contributed by atoms with Gasteiger partial charge in [-0.3, -0.25) is 4.79 Å². The minimum absolute atomic E-state index is 0.0788. The van der Waals surface area contributed by atoms with Gasteiger partial charge in [0.1, 0.15) is 10.9 Å². The first-order valence-corrected chi connectivity index (χ1v) is 9.97. The van der Waals surface area contributed by atoms with Crippen molar-refractivity contribution in [3.8, 4) is 0 Å². The fourth-order valence-electron chi connectivity index (χ4n) is 3.51. The normalized spacial score (nSPS) is 23.2. The van der Waals surface area contributed by atoms with Gasteiger partial charge in [0, 0.05) is 11.4 Å². The number of carbonyl (C=O) groups excluding carboxylic acids is 2. The SMILES string of the molecule is CC[C@H](Nc1cc(C(C)(C)C)sc1C(=O)OC)C(=O)N1C[C@@H]2C[C@H]1CO2. The van der Waals surface area contributed by atoms with Crippen LogP contribution in [0.5, 0.6) is 0 Å². The van der Waals surface area contributed by atoms with Gasteiger partial charge >= 0.3 is 5.97 Å². The largest absolute Gasteiger partial charge is 0.465 e. The Balaban J connectivity index is 1.82. The van der Waals surface area contributed by atoms with Crippen LogP contribution >= 0.6 is 11.3 Å². The van der Waals surface area contributed by atoms with Crippen LogP contribution in [0, 0.1) is 0 Å². The van der Waals surface area contributed by atoms with Crippen molar-refractivity contribution in [3.05, 3.63) is 15.8 Å². The summed E-state index contributed by atoms with van der Waals surface area (Å²) in [6, 6.07) is 1.81. The average Bonchev–Trinajstić information content (AvgIpc) is 3.32. The van der Waals surface area contributed by atoms with Crippen LogP contribution in [0.15, 0.2) is 6.07 Å². The van der Waals surface area contributed by atoms with E-state index in [0.717, 1.165) is 11.3 Å². The van der Waals surface area contributed by atoms with Crippen molar-refractivity contribution >= 4 is 28.9 Å². The van der Waals surface area contributed by atoms with Gasteiger partial charge in [-0.05, 0) is 24.3 Å². The van der Waals surface area contributed by atoms with Crippen LogP contribution < -0.4 is 5.32 Å². The van der Waals surface area contributed by atoms with Crippen molar-refractivity contribution in [3.63, 3.8) is 0 Å². The number of nitrogens with zero attached hydrogens (tertiary/aromatic N) is 1. The fourth-order valence-corrected chi connectivity index (χ4v) is 4.61. The van der Waals surface area contributed by atoms with E-state index in [-0.39, 0.29) is 35.5 Å². The van der Waals surface area contributed by atoms with Gasteiger partial charge in [0.15, 0.2) is 0 Å². The molecule has 0 unspecified atom stereocenters. The maximum atomic E-state index is 13.0. The number of methoxy groups -OCH3 is 1. The van der Waals surface area contributed by atoms with E-state index in [1.165, 1.54) is 18.4 Å². The molecule has 3 heterocycles. The molecule has 0 spiro atoms. The van der Waals surface area contributed by atoms with E-state index in [2.05, 4.69) is 26.1 Å². The zero-order chi connectivity index (χ0) is 19.1. The first-order valence-electron chi connectivity index (χ1n) is 9.15. The second kappa shape index (κ2) is 7.19. The van der Waals surface area contributed by atoms with Gasteiger partial charge in [-0.1, -0.05) is 27.7 Å². The third kappa shape index (κ3) is 3.60. The Kier molecular flexibility index (Phi) is 5.30. The maximum absolute atomic E-state index is 13.0. The Morgan fingerprint density at radius 1 is 1.46 bits per heavy atom. The highest BCUT2D eigenvalue weighted by Crippen LogP contribution is 2.37. The monoisotopic (exact) mass is 380 g/mol. The van der Waals surface area contributed by atoms with E-state index in [1.54, 1.807) is 0 Å². The lowest BCUT2D eigenvalue weighted by Crippen LogP contribution is -2.48. The Labute approximate surface area is 158 Å².